The van der Waals surface area contributed by atoms with Gasteiger partial charge in [0.2, 0.25) is 0 Å². The quantitative estimate of drug-likeness (QED) is 0.759. The van der Waals surface area contributed by atoms with E-state index in [0.29, 0.717) is 19.4 Å². The maximum absolute atomic E-state index is 12.1. The number of piperidine rings is 1. The number of nitrogens with one attached hydrogen (secondary N) is 1. The Labute approximate surface area is 133 Å². The molecule has 2 saturated heterocycles. The third kappa shape index (κ3) is 5.15. The molecule has 0 aromatic rings. The molecule has 0 aliphatic carbocycles. The largest absolute Gasteiger partial charge is 0.380 e. The molecule has 0 saturated carbocycles. The highest BCUT2D eigenvalue weighted by Gasteiger charge is 2.37. The van der Waals surface area contributed by atoms with Crippen LogP contribution in [0.5, 0.6) is 0 Å². The van der Waals surface area contributed by atoms with Crippen LogP contribution >= 0.6 is 11.8 Å². The Balaban J connectivity index is 1.64. The zero-order valence-corrected chi connectivity index (χ0v) is 14.3. The first kappa shape index (κ1) is 17.1. The lowest BCUT2D eigenvalue weighted by molar-refractivity contribution is -0.140. The molecule has 0 aromatic heterocycles. The fraction of sp³-hybridized carbons (Fsp3) is 0.938. The number of amides is 1. The number of aliphatic hydroxyl groups is 1. The summed E-state index contributed by atoms with van der Waals surface area (Å²) >= 11 is 1.82. The molecule has 2 unspecified atom stereocenters. The minimum absolute atomic E-state index is 0.164. The Morgan fingerprint density at radius 3 is 2.52 bits per heavy atom. The lowest BCUT2D eigenvalue weighted by Crippen LogP contribution is -2.49. The van der Waals surface area contributed by atoms with Crippen molar-refractivity contribution in [3.8, 4) is 0 Å². The summed E-state index contributed by atoms with van der Waals surface area (Å²) in [4.78, 5) is 14.6. The van der Waals surface area contributed by atoms with E-state index in [2.05, 4.69) is 24.1 Å². The van der Waals surface area contributed by atoms with Gasteiger partial charge in [0.05, 0.1) is 0 Å². The summed E-state index contributed by atoms with van der Waals surface area (Å²) in [6.45, 7) is 8.72. The van der Waals surface area contributed by atoms with Crippen LogP contribution in [0, 0.1) is 11.8 Å². The predicted octanol–water partition coefficient (Wildman–Crippen LogP) is 1.73. The molecule has 122 valence electrons. The number of hydrogen-bond donors (Lipinski definition) is 2. The van der Waals surface area contributed by atoms with Gasteiger partial charge in [-0.2, -0.15) is 11.8 Å². The molecule has 2 aliphatic rings. The lowest BCUT2D eigenvalue weighted by Gasteiger charge is -2.35. The lowest BCUT2D eigenvalue weighted by atomic mass is 9.92. The molecule has 2 rings (SSSR count). The average molecular weight is 314 g/mol. The van der Waals surface area contributed by atoms with Gasteiger partial charge in [-0.25, -0.2) is 0 Å². The summed E-state index contributed by atoms with van der Waals surface area (Å²) in [5.41, 5.74) is -1.11. The summed E-state index contributed by atoms with van der Waals surface area (Å²) < 4.78 is 0. The number of nitrogens with zero attached hydrogens (tertiary/aromatic N) is 1. The van der Waals surface area contributed by atoms with Gasteiger partial charge in [0.25, 0.3) is 5.91 Å². The SMILES string of the molecule is CC1CC(C)CN(CCCNC(=O)C2(O)CCSCC2)C1. The molecule has 0 spiro atoms. The summed E-state index contributed by atoms with van der Waals surface area (Å²) in [5.74, 6) is 3.16. The highest BCUT2D eigenvalue weighted by atomic mass is 32.2. The fourth-order valence-electron chi connectivity index (χ4n) is 3.58. The second-order valence-electron chi connectivity index (χ2n) is 6.96. The summed E-state index contributed by atoms with van der Waals surface area (Å²) in [7, 11) is 0. The molecule has 2 N–H and O–H groups in total. The van der Waals surface area contributed by atoms with E-state index in [-0.39, 0.29) is 5.91 Å². The van der Waals surface area contributed by atoms with Crippen LogP contribution in [0.4, 0.5) is 0 Å². The van der Waals surface area contributed by atoms with Crippen molar-refractivity contribution in [3.63, 3.8) is 0 Å². The minimum atomic E-state index is -1.11. The Kier molecular flexibility index (Phi) is 6.38. The van der Waals surface area contributed by atoms with Gasteiger partial charge in [-0.3, -0.25) is 4.79 Å². The molecule has 0 radical (unpaired) electrons. The second-order valence-corrected chi connectivity index (χ2v) is 8.18. The number of thioether (sulfide) groups is 1. The molecule has 2 aliphatic heterocycles. The van der Waals surface area contributed by atoms with Crippen LogP contribution in [0.1, 0.15) is 39.5 Å². The zero-order valence-electron chi connectivity index (χ0n) is 13.4. The van der Waals surface area contributed by atoms with Crippen LogP contribution in [0.25, 0.3) is 0 Å². The van der Waals surface area contributed by atoms with Gasteiger partial charge in [0.1, 0.15) is 5.60 Å². The summed E-state index contributed by atoms with van der Waals surface area (Å²) in [6, 6.07) is 0. The first-order chi connectivity index (χ1) is 9.99. The van der Waals surface area contributed by atoms with E-state index in [1.807, 2.05) is 11.8 Å². The van der Waals surface area contributed by atoms with Gasteiger partial charge in [-0.1, -0.05) is 13.8 Å². The molecule has 2 fully saturated rings. The van der Waals surface area contributed by atoms with Crippen LogP contribution in [0.2, 0.25) is 0 Å². The van der Waals surface area contributed by atoms with Crippen molar-refractivity contribution in [2.24, 2.45) is 11.8 Å². The van der Waals surface area contributed by atoms with Crippen molar-refractivity contribution >= 4 is 17.7 Å². The first-order valence-electron chi connectivity index (χ1n) is 8.30. The van der Waals surface area contributed by atoms with Crippen LogP contribution in [-0.4, -0.2) is 59.2 Å². The second kappa shape index (κ2) is 7.84. The molecule has 0 aromatic carbocycles. The monoisotopic (exact) mass is 314 g/mol. The number of rotatable bonds is 5. The van der Waals surface area contributed by atoms with Crippen molar-refractivity contribution in [1.82, 2.24) is 10.2 Å². The van der Waals surface area contributed by atoms with Crippen LogP contribution in [0.15, 0.2) is 0 Å². The van der Waals surface area contributed by atoms with Crippen molar-refractivity contribution in [3.05, 3.63) is 0 Å². The Morgan fingerprint density at radius 1 is 1.29 bits per heavy atom. The number of carbonyl (C=O) groups is 1. The average Bonchev–Trinajstić information content (AvgIpc) is 2.43. The van der Waals surface area contributed by atoms with Crippen molar-refractivity contribution in [2.45, 2.75) is 45.1 Å². The van der Waals surface area contributed by atoms with E-state index >= 15 is 0 Å². The van der Waals surface area contributed by atoms with E-state index in [9.17, 15) is 9.90 Å². The standard InChI is InChI=1S/C16H30N2O2S/c1-13-10-14(2)12-18(11-13)7-3-6-17-15(19)16(20)4-8-21-9-5-16/h13-14,20H,3-12H2,1-2H3,(H,17,19). The van der Waals surface area contributed by atoms with Crippen LogP contribution < -0.4 is 5.32 Å². The number of hydrogen-bond acceptors (Lipinski definition) is 4. The molecule has 21 heavy (non-hydrogen) atoms. The van der Waals surface area contributed by atoms with E-state index in [0.717, 1.165) is 36.3 Å². The molecule has 2 atom stereocenters. The fourth-order valence-corrected chi connectivity index (χ4v) is 4.75. The summed E-state index contributed by atoms with van der Waals surface area (Å²) in [6.07, 6.45) is 3.48. The highest BCUT2D eigenvalue weighted by molar-refractivity contribution is 7.99. The van der Waals surface area contributed by atoms with Crippen molar-refractivity contribution in [1.29, 1.82) is 0 Å². The normalized spacial score (nSPS) is 30.0. The first-order valence-corrected chi connectivity index (χ1v) is 9.46. The minimum Gasteiger partial charge on any atom is -0.380 e. The Bertz CT molecular complexity index is 335. The zero-order chi connectivity index (χ0) is 15.3. The van der Waals surface area contributed by atoms with E-state index < -0.39 is 5.60 Å². The maximum atomic E-state index is 12.1. The van der Waals surface area contributed by atoms with Gasteiger partial charge in [-0.05, 0) is 55.6 Å². The van der Waals surface area contributed by atoms with Crippen molar-refractivity contribution < 1.29 is 9.90 Å². The summed E-state index contributed by atoms with van der Waals surface area (Å²) in [5, 5.41) is 13.3. The number of likely N-dealkylation sites (tertiary alicyclic amines) is 1. The third-order valence-corrected chi connectivity index (χ3v) is 5.61. The molecule has 1 amide bonds. The van der Waals surface area contributed by atoms with Gasteiger partial charge in [-0.15, -0.1) is 0 Å². The third-order valence-electron chi connectivity index (χ3n) is 4.62. The Hall–Kier alpha value is -0.260. The van der Waals surface area contributed by atoms with Gasteiger partial charge < -0.3 is 15.3 Å². The van der Waals surface area contributed by atoms with E-state index in [1.54, 1.807) is 0 Å². The molecule has 5 heteroatoms. The van der Waals surface area contributed by atoms with Crippen LogP contribution in [0.3, 0.4) is 0 Å². The van der Waals surface area contributed by atoms with Gasteiger partial charge in [0, 0.05) is 19.6 Å². The van der Waals surface area contributed by atoms with Gasteiger partial charge in [0.15, 0.2) is 0 Å². The molecule has 2 heterocycles. The highest BCUT2D eigenvalue weighted by Crippen LogP contribution is 2.27. The predicted molar refractivity (Wildman–Crippen MR) is 88.5 cm³/mol. The molecular weight excluding hydrogens is 284 g/mol. The molecular formula is C16H30N2O2S. The number of carbonyl (C=O) groups excluding carboxylic acids is 1. The van der Waals surface area contributed by atoms with E-state index in [4.69, 9.17) is 0 Å². The van der Waals surface area contributed by atoms with Crippen LogP contribution in [-0.2, 0) is 4.79 Å². The molecule has 0 bridgehead atoms. The van der Waals surface area contributed by atoms with E-state index in [1.165, 1.54) is 19.5 Å². The van der Waals surface area contributed by atoms with Gasteiger partial charge >= 0.3 is 0 Å². The molecule has 4 nitrogen and oxygen atoms in total. The smallest absolute Gasteiger partial charge is 0.252 e. The topological polar surface area (TPSA) is 52.6 Å². The van der Waals surface area contributed by atoms with Crippen molar-refractivity contribution in [2.75, 3.05) is 37.7 Å². The Morgan fingerprint density at radius 2 is 1.90 bits per heavy atom. The maximum Gasteiger partial charge on any atom is 0.252 e.